The lowest BCUT2D eigenvalue weighted by Crippen LogP contribution is -2.41. The van der Waals surface area contributed by atoms with Crippen LogP contribution in [-0.2, 0) is 14.3 Å². The summed E-state index contributed by atoms with van der Waals surface area (Å²) in [5, 5.41) is 6.19. The molecule has 1 heterocycles. The number of hydrogen-bond donors (Lipinski definition) is 1. The fraction of sp³-hybridized carbons (Fsp3) is 0.389. The lowest BCUT2D eigenvalue weighted by molar-refractivity contribution is -0.136. The number of amides is 2. The highest BCUT2D eigenvalue weighted by Gasteiger charge is 2.18. The molecule has 0 fully saturated rings. The van der Waals surface area contributed by atoms with Crippen LogP contribution in [0.5, 0.6) is 5.75 Å². The van der Waals surface area contributed by atoms with Gasteiger partial charge in [0.15, 0.2) is 12.4 Å². The lowest BCUT2D eigenvalue weighted by Gasteiger charge is -2.22. The Morgan fingerprint density at radius 3 is 2.73 bits per heavy atom. The molecule has 0 saturated heterocycles. The van der Waals surface area contributed by atoms with Crippen molar-refractivity contribution in [2.75, 3.05) is 38.2 Å². The largest absolute Gasteiger partial charge is 0.484 e. The summed E-state index contributed by atoms with van der Waals surface area (Å²) in [6, 6.07) is 10.6. The van der Waals surface area contributed by atoms with Crippen LogP contribution in [0.25, 0.3) is 0 Å². The predicted molar refractivity (Wildman–Crippen MR) is 94.8 cm³/mol. The summed E-state index contributed by atoms with van der Waals surface area (Å²) in [6.07, 6.45) is 1.98. The summed E-state index contributed by atoms with van der Waals surface area (Å²) in [7, 11) is 0. The van der Waals surface area contributed by atoms with Gasteiger partial charge in [0.1, 0.15) is 18.6 Å². The molecule has 0 saturated carbocycles. The molecule has 0 atom stereocenters. The molecular weight excluding hydrogens is 338 g/mol. The Balaban J connectivity index is 1.88. The molecule has 8 heteroatoms. The quantitative estimate of drug-likeness (QED) is 0.615. The monoisotopic (exact) mass is 361 g/mol. The minimum atomic E-state index is -0.358. The highest BCUT2D eigenvalue weighted by Crippen LogP contribution is 2.09. The number of anilines is 1. The second-order valence-electron chi connectivity index (χ2n) is 5.40. The first-order chi connectivity index (χ1) is 12.7. The van der Waals surface area contributed by atoms with Gasteiger partial charge in [-0.2, -0.15) is 0 Å². The predicted octanol–water partition coefficient (Wildman–Crippen LogP) is 1.95. The van der Waals surface area contributed by atoms with Gasteiger partial charge in [-0.1, -0.05) is 23.4 Å². The first kappa shape index (κ1) is 19.5. The average Bonchev–Trinajstić information content (AvgIpc) is 3.16. The van der Waals surface area contributed by atoms with E-state index in [-0.39, 0.29) is 25.0 Å². The van der Waals surface area contributed by atoms with Crippen molar-refractivity contribution < 1.29 is 23.6 Å². The SMILES string of the molecule is CCOCCCN(CC(=O)Nc1ccon1)C(=O)COc1ccccc1. The summed E-state index contributed by atoms with van der Waals surface area (Å²) in [5.41, 5.74) is 0. The van der Waals surface area contributed by atoms with E-state index in [9.17, 15) is 9.59 Å². The number of ether oxygens (including phenoxy) is 2. The summed E-state index contributed by atoms with van der Waals surface area (Å²) in [4.78, 5) is 26.0. The summed E-state index contributed by atoms with van der Waals surface area (Å²) in [6.45, 7) is 3.18. The van der Waals surface area contributed by atoms with Crippen LogP contribution in [0, 0.1) is 0 Å². The fourth-order valence-electron chi connectivity index (χ4n) is 2.18. The van der Waals surface area contributed by atoms with Gasteiger partial charge in [-0.25, -0.2) is 0 Å². The number of aromatic nitrogens is 1. The van der Waals surface area contributed by atoms with Gasteiger partial charge in [-0.3, -0.25) is 9.59 Å². The van der Waals surface area contributed by atoms with Gasteiger partial charge >= 0.3 is 0 Å². The standard InChI is InChI=1S/C18H23N3O5/c1-2-24-11-6-10-21(13-17(22)19-16-9-12-26-20-16)18(23)14-25-15-7-4-3-5-8-15/h3-5,7-9,12H,2,6,10-11,13-14H2,1H3,(H,19,20,22). The number of benzene rings is 1. The normalized spacial score (nSPS) is 10.3. The molecule has 2 rings (SSSR count). The van der Waals surface area contributed by atoms with E-state index in [2.05, 4.69) is 15.0 Å². The van der Waals surface area contributed by atoms with Gasteiger partial charge in [0.05, 0.1) is 0 Å². The topological polar surface area (TPSA) is 93.9 Å². The van der Waals surface area contributed by atoms with Crippen LogP contribution < -0.4 is 10.1 Å². The Labute approximate surface area is 152 Å². The zero-order valence-corrected chi connectivity index (χ0v) is 14.7. The maximum Gasteiger partial charge on any atom is 0.260 e. The van der Waals surface area contributed by atoms with Crippen molar-refractivity contribution in [3.63, 3.8) is 0 Å². The highest BCUT2D eigenvalue weighted by molar-refractivity contribution is 5.93. The number of carbonyl (C=O) groups is 2. The average molecular weight is 361 g/mol. The number of rotatable bonds is 11. The van der Waals surface area contributed by atoms with Crippen LogP contribution in [0.2, 0.25) is 0 Å². The Bertz CT molecular complexity index is 661. The van der Waals surface area contributed by atoms with Crippen LogP contribution in [0.15, 0.2) is 47.2 Å². The Kier molecular flexibility index (Phi) is 8.14. The Morgan fingerprint density at radius 2 is 2.04 bits per heavy atom. The summed E-state index contributed by atoms with van der Waals surface area (Å²) < 4.78 is 15.4. The smallest absolute Gasteiger partial charge is 0.260 e. The molecule has 1 N–H and O–H groups in total. The van der Waals surface area contributed by atoms with Crippen molar-refractivity contribution in [1.82, 2.24) is 10.1 Å². The molecule has 2 aromatic rings. The first-order valence-corrected chi connectivity index (χ1v) is 8.42. The van der Waals surface area contributed by atoms with Gasteiger partial charge in [0.2, 0.25) is 5.91 Å². The third kappa shape index (κ3) is 6.94. The number of nitrogens with zero attached hydrogens (tertiary/aromatic N) is 2. The summed E-state index contributed by atoms with van der Waals surface area (Å²) in [5.74, 6) is 0.267. The fourth-order valence-corrected chi connectivity index (χ4v) is 2.18. The van der Waals surface area contributed by atoms with Gasteiger partial charge in [-0.05, 0) is 25.5 Å². The van der Waals surface area contributed by atoms with E-state index in [1.54, 1.807) is 12.1 Å². The first-order valence-electron chi connectivity index (χ1n) is 8.42. The maximum absolute atomic E-state index is 12.5. The zero-order chi connectivity index (χ0) is 18.6. The van der Waals surface area contributed by atoms with E-state index in [1.165, 1.54) is 17.2 Å². The van der Waals surface area contributed by atoms with Crippen molar-refractivity contribution >= 4 is 17.6 Å². The molecule has 0 aliphatic rings. The van der Waals surface area contributed by atoms with Crippen molar-refractivity contribution in [2.45, 2.75) is 13.3 Å². The van der Waals surface area contributed by atoms with Crippen LogP contribution in [-0.4, -0.2) is 54.8 Å². The van der Waals surface area contributed by atoms with Gasteiger partial charge in [0.25, 0.3) is 5.91 Å². The second kappa shape index (κ2) is 10.9. The molecule has 8 nitrogen and oxygen atoms in total. The third-order valence-corrected chi connectivity index (χ3v) is 3.42. The molecule has 0 unspecified atom stereocenters. The van der Waals surface area contributed by atoms with Crippen LogP contribution in [0.3, 0.4) is 0 Å². The minimum Gasteiger partial charge on any atom is -0.484 e. The highest BCUT2D eigenvalue weighted by atomic mass is 16.5. The van der Waals surface area contributed by atoms with Crippen molar-refractivity contribution in [2.24, 2.45) is 0 Å². The number of para-hydroxylation sites is 1. The second-order valence-corrected chi connectivity index (χ2v) is 5.40. The Hall–Kier alpha value is -2.87. The van der Waals surface area contributed by atoms with Gasteiger partial charge in [0, 0.05) is 25.8 Å². The molecular formula is C18H23N3O5. The number of carbonyl (C=O) groups excluding carboxylic acids is 2. The minimum absolute atomic E-state index is 0.101. The molecule has 26 heavy (non-hydrogen) atoms. The molecule has 0 aliphatic heterocycles. The molecule has 0 aliphatic carbocycles. The zero-order valence-electron chi connectivity index (χ0n) is 14.7. The van der Waals surface area contributed by atoms with E-state index in [0.717, 1.165) is 0 Å². The molecule has 2 amide bonds. The molecule has 0 spiro atoms. The summed E-state index contributed by atoms with van der Waals surface area (Å²) >= 11 is 0. The maximum atomic E-state index is 12.5. The molecule has 0 radical (unpaired) electrons. The van der Waals surface area contributed by atoms with E-state index < -0.39 is 0 Å². The van der Waals surface area contributed by atoms with E-state index in [1.807, 2.05) is 25.1 Å². The van der Waals surface area contributed by atoms with Gasteiger partial charge in [-0.15, -0.1) is 0 Å². The molecule has 0 bridgehead atoms. The van der Waals surface area contributed by atoms with Crippen molar-refractivity contribution in [3.8, 4) is 5.75 Å². The van der Waals surface area contributed by atoms with Gasteiger partial charge < -0.3 is 24.2 Å². The number of hydrogen-bond acceptors (Lipinski definition) is 6. The molecule has 140 valence electrons. The van der Waals surface area contributed by atoms with E-state index in [4.69, 9.17) is 9.47 Å². The number of nitrogens with one attached hydrogen (secondary N) is 1. The molecule has 1 aromatic carbocycles. The van der Waals surface area contributed by atoms with Crippen molar-refractivity contribution in [1.29, 1.82) is 0 Å². The van der Waals surface area contributed by atoms with Crippen LogP contribution in [0.1, 0.15) is 13.3 Å². The van der Waals surface area contributed by atoms with Crippen LogP contribution >= 0.6 is 0 Å². The molecule has 1 aromatic heterocycles. The Morgan fingerprint density at radius 1 is 1.23 bits per heavy atom. The third-order valence-electron chi connectivity index (χ3n) is 3.42. The van der Waals surface area contributed by atoms with Crippen LogP contribution in [0.4, 0.5) is 5.82 Å². The van der Waals surface area contributed by atoms with E-state index >= 15 is 0 Å². The van der Waals surface area contributed by atoms with E-state index in [0.29, 0.717) is 37.7 Å². The lowest BCUT2D eigenvalue weighted by atomic mass is 10.3. The van der Waals surface area contributed by atoms with Crippen molar-refractivity contribution in [3.05, 3.63) is 42.7 Å².